The second kappa shape index (κ2) is 8.29. The Morgan fingerprint density at radius 1 is 1.12 bits per heavy atom. The van der Waals surface area contributed by atoms with Crippen LogP contribution in [-0.4, -0.2) is 36.8 Å². The van der Waals surface area contributed by atoms with Crippen molar-refractivity contribution in [2.75, 3.05) is 35.8 Å². The number of rotatable bonds is 5. The fourth-order valence-electron chi connectivity index (χ4n) is 3.94. The van der Waals surface area contributed by atoms with Gasteiger partial charge in [-0.15, -0.1) is 0 Å². The predicted octanol–water partition coefficient (Wildman–Crippen LogP) is 5.05. The lowest BCUT2D eigenvalue weighted by molar-refractivity contribution is -0.135. The molecule has 0 fully saturated rings. The highest BCUT2D eigenvalue weighted by molar-refractivity contribution is 6.34. The molecule has 1 aliphatic heterocycles. The summed E-state index contributed by atoms with van der Waals surface area (Å²) in [6.07, 6.45) is -1.04. The van der Waals surface area contributed by atoms with Crippen LogP contribution in [-0.2, 0) is 4.79 Å². The van der Waals surface area contributed by atoms with Gasteiger partial charge < -0.3 is 25.3 Å². The molecule has 1 atom stereocenters. The zero-order valence-electron chi connectivity index (χ0n) is 17.2. The van der Waals surface area contributed by atoms with Crippen molar-refractivity contribution in [2.24, 2.45) is 0 Å². The van der Waals surface area contributed by atoms with Crippen LogP contribution in [0.5, 0.6) is 0 Å². The molecule has 1 unspecified atom stereocenters. The summed E-state index contributed by atoms with van der Waals surface area (Å²) in [6, 6.07) is 11.6. The SMILES string of the molecule is CN(C)c1c(Cl)ccc2c1N(CC(=O)O)c1cc(Nc3c(F)cccc3F)ccc1C2O. The molecule has 3 N–H and O–H groups in total. The largest absolute Gasteiger partial charge is 0.480 e. The number of hydrogen-bond acceptors (Lipinski definition) is 5. The number of carboxylic acids is 1. The molecule has 1 aliphatic rings. The van der Waals surface area contributed by atoms with Crippen LogP contribution in [0, 0.1) is 11.6 Å². The Labute approximate surface area is 188 Å². The van der Waals surface area contributed by atoms with Gasteiger partial charge in [-0.25, -0.2) is 8.78 Å². The number of nitrogens with zero attached hydrogens (tertiary/aromatic N) is 2. The normalized spacial score (nSPS) is 14.6. The molecule has 1 heterocycles. The van der Waals surface area contributed by atoms with E-state index in [1.165, 1.54) is 11.0 Å². The maximum absolute atomic E-state index is 14.1. The number of carboxylic acid groups (broad SMARTS) is 1. The highest BCUT2D eigenvalue weighted by atomic mass is 35.5. The summed E-state index contributed by atoms with van der Waals surface area (Å²) in [5.41, 5.74) is 2.36. The number of benzene rings is 3. The molecule has 32 heavy (non-hydrogen) atoms. The maximum atomic E-state index is 14.1. The number of fused-ring (bicyclic) bond motifs is 2. The Hall–Kier alpha value is -3.36. The zero-order chi connectivity index (χ0) is 23.2. The third-order valence-electron chi connectivity index (χ3n) is 5.29. The molecule has 0 saturated carbocycles. The lowest BCUT2D eigenvalue weighted by Gasteiger charge is -2.38. The van der Waals surface area contributed by atoms with Gasteiger partial charge in [-0.2, -0.15) is 0 Å². The first-order valence-electron chi connectivity index (χ1n) is 9.71. The van der Waals surface area contributed by atoms with E-state index in [0.29, 0.717) is 38.9 Å². The van der Waals surface area contributed by atoms with Crippen molar-refractivity contribution in [3.8, 4) is 0 Å². The molecule has 0 aliphatic carbocycles. The summed E-state index contributed by atoms with van der Waals surface area (Å²) in [5.74, 6) is -2.63. The summed E-state index contributed by atoms with van der Waals surface area (Å²) >= 11 is 6.41. The van der Waals surface area contributed by atoms with Crippen LogP contribution in [0.25, 0.3) is 0 Å². The maximum Gasteiger partial charge on any atom is 0.323 e. The molecule has 0 aromatic heterocycles. The molecule has 0 spiro atoms. The molecule has 4 rings (SSSR count). The number of aliphatic hydroxyl groups excluding tert-OH is 1. The quantitative estimate of drug-likeness (QED) is 0.496. The summed E-state index contributed by atoms with van der Waals surface area (Å²) < 4.78 is 28.2. The minimum Gasteiger partial charge on any atom is -0.480 e. The molecule has 0 saturated heterocycles. The van der Waals surface area contributed by atoms with Crippen molar-refractivity contribution < 1.29 is 23.8 Å². The lowest BCUT2D eigenvalue weighted by Crippen LogP contribution is -2.32. The third-order valence-corrected chi connectivity index (χ3v) is 5.59. The van der Waals surface area contributed by atoms with E-state index in [0.717, 1.165) is 12.1 Å². The number of carbonyl (C=O) groups is 1. The Balaban J connectivity index is 1.89. The number of aliphatic carboxylic acids is 1. The van der Waals surface area contributed by atoms with Crippen molar-refractivity contribution in [1.29, 1.82) is 0 Å². The highest BCUT2D eigenvalue weighted by Crippen LogP contribution is 2.51. The van der Waals surface area contributed by atoms with E-state index in [9.17, 15) is 23.8 Å². The molecule has 3 aromatic carbocycles. The molecular formula is C23H20ClF2N3O3. The number of para-hydroxylation sites is 1. The monoisotopic (exact) mass is 459 g/mol. The number of anilines is 5. The second-order valence-electron chi connectivity index (χ2n) is 7.61. The van der Waals surface area contributed by atoms with Gasteiger partial charge in [0.25, 0.3) is 0 Å². The standard InChI is InChI=1S/C23H20ClF2N3O3/c1-28(2)22-15(24)9-8-14-21(22)29(11-19(30)31)18-10-12(6-7-13(18)23(14)32)27-20-16(25)4-3-5-17(20)26/h3-10,23,27,32H,11H2,1-2H3,(H,30,31). The number of aliphatic hydroxyl groups is 1. The number of nitrogens with one attached hydrogen (secondary N) is 1. The Morgan fingerprint density at radius 3 is 2.41 bits per heavy atom. The van der Waals surface area contributed by atoms with Crippen molar-refractivity contribution >= 4 is 46.0 Å². The average Bonchev–Trinajstić information content (AvgIpc) is 2.73. The zero-order valence-corrected chi connectivity index (χ0v) is 18.0. The van der Waals surface area contributed by atoms with Crippen molar-refractivity contribution in [3.63, 3.8) is 0 Å². The summed E-state index contributed by atoms with van der Waals surface area (Å²) in [5, 5.41) is 23.7. The van der Waals surface area contributed by atoms with Crippen molar-refractivity contribution in [1.82, 2.24) is 0 Å². The second-order valence-corrected chi connectivity index (χ2v) is 8.01. The Bertz CT molecular complexity index is 1200. The van der Waals surface area contributed by atoms with Gasteiger partial charge in [-0.3, -0.25) is 4.79 Å². The number of hydrogen-bond donors (Lipinski definition) is 3. The molecular weight excluding hydrogens is 440 g/mol. The van der Waals surface area contributed by atoms with Gasteiger partial charge in [0.2, 0.25) is 0 Å². The minimum atomic E-state index is -1.10. The van der Waals surface area contributed by atoms with Crippen LogP contribution in [0.3, 0.4) is 0 Å². The van der Waals surface area contributed by atoms with E-state index in [1.807, 2.05) is 0 Å². The first-order chi connectivity index (χ1) is 15.2. The summed E-state index contributed by atoms with van der Waals surface area (Å²) in [6.45, 7) is -0.411. The molecule has 0 radical (unpaired) electrons. The van der Waals surface area contributed by atoms with Crippen LogP contribution in [0.1, 0.15) is 17.2 Å². The average molecular weight is 460 g/mol. The third kappa shape index (κ3) is 3.72. The molecule has 9 heteroatoms. The fraction of sp³-hybridized carbons (Fsp3) is 0.174. The van der Waals surface area contributed by atoms with Crippen LogP contribution in [0.2, 0.25) is 5.02 Å². The molecule has 0 amide bonds. The van der Waals surface area contributed by atoms with Gasteiger partial charge in [0.15, 0.2) is 0 Å². The number of halogens is 3. The molecule has 0 bridgehead atoms. The summed E-state index contributed by atoms with van der Waals surface area (Å²) in [4.78, 5) is 15.0. The Morgan fingerprint density at radius 2 is 1.78 bits per heavy atom. The van der Waals surface area contributed by atoms with Gasteiger partial charge in [0.1, 0.15) is 30.0 Å². The van der Waals surface area contributed by atoms with E-state index >= 15 is 0 Å². The van der Waals surface area contributed by atoms with Crippen molar-refractivity contribution in [2.45, 2.75) is 6.10 Å². The smallest absolute Gasteiger partial charge is 0.323 e. The first kappa shape index (κ1) is 21.9. The minimum absolute atomic E-state index is 0.326. The van der Waals surface area contributed by atoms with Crippen LogP contribution in [0.15, 0.2) is 48.5 Å². The highest BCUT2D eigenvalue weighted by Gasteiger charge is 2.34. The van der Waals surface area contributed by atoms with E-state index in [-0.39, 0.29) is 5.69 Å². The lowest BCUT2D eigenvalue weighted by atomic mass is 9.91. The van der Waals surface area contributed by atoms with E-state index in [4.69, 9.17) is 11.6 Å². The van der Waals surface area contributed by atoms with Crippen LogP contribution < -0.4 is 15.1 Å². The van der Waals surface area contributed by atoms with Crippen LogP contribution in [0.4, 0.5) is 37.2 Å². The molecule has 3 aromatic rings. The van der Waals surface area contributed by atoms with Gasteiger partial charge in [-0.05, 0) is 30.3 Å². The predicted molar refractivity (Wildman–Crippen MR) is 121 cm³/mol. The molecule has 6 nitrogen and oxygen atoms in total. The van der Waals surface area contributed by atoms with E-state index in [1.54, 1.807) is 49.3 Å². The van der Waals surface area contributed by atoms with Gasteiger partial charge in [0, 0.05) is 36.6 Å². The van der Waals surface area contributed by atoms with E-state index < -0.39 is 30.3 Å². The molecule has 166 valence electrons. The Kier molecular flexibility index (Phi) is 5.66. The van der Waals surface area contributed by atoms with Gasteiger partial charge in [-0.1, -0.05) is 29.8 Å². The van der Waals surface area contributed by atoms with Gasteiger partial charge in [0.05, 0.1) is 16.4 Å². The first-order valence-corrected chi connectivity index (χ1v) is 10.1. The fourth-order valence-corrected chi connectivity index (χ4v) is 4.26. The topological polar surface area (TPSA) is 76.0 Å². The van der Waals surface area contributed by atoms with E-state index in [2.05, 4.69) is 5.32 Å². The van der Waals surface area contributed by atoms with Crippen LogP contribution >= 0.6 is 11.6 Å². The van der Waals surface area contributed by atoms with Crippen molar-refractivity contribution in [3.05, 3.63) is 76.3 Å². The van der Waals surface area contributed by atoms with Gasteiger partial charge >= 0.3 is 5.97 Å². The summed E-state index contributed by atoms with van der Waals surface area (Å²) in [7, 11) is 3.53.